The molecule has 0 saturated carbocycles. The summed E-state index contributed by atoms with van der Waals surface area (Å²) in [6.45, 7) is 21.0. The number of halogens is 36. The van der Waals surface area contributed by atoms with Crippen molar-refractivity contribution in [3.8, 4) is 46.0 Å². The number of benzene rings is 8. The number of rotatable bonds is 41. The minimum absolute atomic E-state index is 0.215. The van der Waals surface area contributed by atoms with Crippen molar-refractivity contribution in [1.29, 1.82) is 0 Å². The number of alkyl halides is 4. The summed E-state index contributed by atoms with van der Waals surface area (Å²) in [7, 11) is 0. The van der Waals surface area contributed by atoms with Gasteiger partial charge in [-0.1, -0.05) is 114 Å². The van der Waals surface area contributed by atoms with Crippen LogP contribution < -0.4 is 37.9 Å². The molecule has 3 unspecified atom stereocenters. The SMILES string of the molecule is C=CC(=O)OCC(COCC(COCC(COC(=O)C=C)Oc1c(F)c(F)c(C=C)c(F)c1F)Oc1c(F)c(F)c(C=C)c(F)c1F)Oc1c(F)c(F)c(C=C)c(F)c1F.C=Cc1c(F)c(F)c(OC(=O)C(F)(F)C(F)(F)C(=O)Oc2c(F)c(F)c(C=C)c(F)c2F)c(F)c1F.C=Cc1c(F)c(F)c(OCC(COc2c(F)c(F)c(F)c(C=C)c2F)Oc2c(F)c(F)c(C=C)c(F)c2F)c(F)c1F. The fourth-order valence-corrected chi connectivity index (χ4v) is 10.5. The molecule has 138 heavy (non-hydrogen) atoms. The molecule has 0 bridgehead atoms. The van der Waals surface area contributed by atoms with Crippen LogP contribution in [0.4, 0.5) is 158 Å². The van der Waals surface area contributed by atoms with Crippen LogP contribution in [0.1, 0.15) is 44.5 Å². The van der Waals surface area contributed by atoms with Gasteiger partial charge in [0.2, 0.25) is 98.8 Å². The van der Waals surface area contributed by atoms with Gasteiger partial charge in [0.1, 0.15) is 32.5 Å². The van der Waals surface area contributed by atoms with Gasteiger partial charge in [-0.05, 0) is 0 Å². The highest BCUT2D eigenvalue weighted by Gasteiger charge is 2.70. The highest BCUT2D eigenvalue weighted by molar-refractivity contribution is 5.92. The first-order valence-electron chi connectivity index (χ1n) is 36.3. The van der Waals surface area contributed by atoms with E-state index in [4.69, 9.17) is 42.6 Å². The average molecular weight is 2020 g/mol. The van der Waals surface area contributed by atoms with Crippen molar-refractivity contribution in [2.75, 3.05) is 52.9 Å². The van der Waals surface area contributed by atoms with Crippen LogP contribution in [0.3, 0.4) is 0 Å². The molecule has 0 N–H and O–H groups in total. The van der Waals surface area contributed by atoms with Gasteiger partial charge in [0, 0.05) is 12.2 Å². The summed E-state index contributed by atoms with van der Waals surface area (Å²) >= 11 is 0. The molecule has 8 aromatic rings. The minimum atomic E-state index is -6.52. The Morgan fingerprint density at radius 2 is 0.370 bits per heavy atom. The van der Waals surface area contributed by atoms with E-state index in [-0.39, 0.29) is 12.2 Å². The van der Waals surface area contributed by atoms with Gasteiger partial charge in [-0.3, -0.25) is 0 Å². The predicted molar refractivity (Wildman–Crippen MR) is 405 cm³/mol. The first-order valence-corrected chi connectivity index (χ1v) is 36.3. The lowest BCUT2D eigenvalue weighted by atomic mass is 10.1. The lowest BCUT2D eigenvalue weighted by molar-refractivity contribution is -0.228. The van der Waals surface area contributed by atoms with E-state index in [2.05, 4.69) is 80.0 Å². The molecular weight excluding hydrogens is 1970 g/mol. The second kappa shape index (κ2) is 47.1. The highest BCUT2D eigenvalue weighted by atomic mass is 19.3. The number of ether oxygens (including phenoxy) is 12. The number of hydrogen-bond donors (Lipinski definition) is 0. The summed E-state index contributed by atoms with van der Waals surface area (Å²) in [5.74, 6) is -108. The van der Waals surface area contributed by atoms with E-state index in [9.17, 15) is 177 Å². The van der Waals surface area contributed by atoms with Crippen molar-refractivity contribution in [2.24, 2.45) is 0 Å². The van der Waals surface area contributed by atoms with Gasteiger partial charge < -0.3 is 56.8 Å². The molecule has 0 saturated heterocycles. The summed E-state index contributed by atoms with van der Waals surface area (Å²) in [5, 5.41) is 0. The first kappa shape index (κ1) is 112. The third-order valence-corrected chi connectivity index (χ3v) is 17.3. The van der Waals surface area contributed by atoms with Gasteiger partial charge in [0.15, 0.2) is 152 Å². The van der Waals surface area contributed by atoms with Crippen molar-refractivity contribution in [3.63, 3.8) is 0 Å². The first-order chi connectivity index (χ1) is 64.6. The van der Waals surface area contributed by atoms with Crippen LogP contribution in [0, 0.1) is 186 Å². The molecule has 0 heterocycles. The van der Waals surface area contributed by atoms with Crippen molar-refractivity contribution >= 4 is 72.5 Å². The summed E-state index contributed by atoms with van der Waals surface area (Å²) in [6, 6.07) is 0. The van der Waals surface area contributed by atoms with Gasteiger partial charge >= 0.3 is 35.7 Å². The fraction of sp³-hybridized carbons (Fsp3) is 0.163. The Balaban J connectivity index is 0.000000330. The Morgan fingerprint density at radius 3 is 0.572 bits per heavy atom. The van der Waals surface area contributed by atoms with E-state index >= 15 is 0 Å². The summed E-state index contributed by atoms with van der Waals surface area (Å²) in [4.78, 5) is 46.4. The maximum Gasteiger partial charge on any atom is 0.416 e. The highest BCUT2D eigenvalue weighted by Crippen LogP contribution is 2.44. The number of carbonyl (C=O) groups is 4. The molecule has 52 heteroatoms. The van der Waals surface area contributed by atoms with Crippen LogP contribution in [0.25, 0.3) is 48.6 Å². The zero-order valence-electron chi connectivity index (χ0n) is 67.9. The number of hydrogen-bond acceptors (Lipinski definition) is 16. The quantitative estimate of drug-likeness (QED) is 0.00881. The molecule has 0 aliphatic rings. The molecule has 0 fully saturated rings. The summed E-state index contributed by atoms with van der Waals surface area (Å²) in [5.41, 5.74) is -10.4. The average Bonchev–Trinajstić information content (AvgIpc) is 0.753. The van der Waals surface area contributed by atoms with Crippen molar-refractivity contribution in [3.05, 3.63) is 309 Å². The molecular formula is C86H50F36O16. The van der Waals surface area contributed by atoms with Crippen LogP contribution >= 0.6 is 0 Å². The Hall–Kier alpha value is -14.8. The van der Waals surface area contributed by atoms with Gasteiger partial charge in [0.05, 0.1) is 70.9 Å². The number of esters is 4. The zero-order chi connectivity index (χ0) is 105. The largest absolute Gasteiger partial charge is 0.483 e. The Kier molecular flexibility index (Phi) is 38.2. The van der Waals surface area contributed by atoms with Crippen molar-refractivity contribution in [2.45, 2.75) is 36.3 Å². The smallest absolute Gasteiger partial charge is 0.416 e. The molecule has 0 aliphatic heterocycles. The molecule has 8 rings (SSSR count). The fourth-order valence-electron chi connectivity index (χ4n) is 10.5. The summed E-state index contributed by atoms with van der Waals surface area (Å²) < 4.78 is 569. The third-order valence-electron chi connectivity index (χ3n) is 17.3. The van der Waals surface area contributed by atoms with Gasteiger partial charge in [-0.2, -0.15) is 83.4 Å². The maximum absolute atomic E-state index is 15.0. The maximum atomic E-state index is 15.0. The van der Waals surface area contributed by atoms with Crippen LogP contribution in [-0.4, -0.2) is 113 Å². The van der Waals surface area contributed by atoms with Crippen LogP contribution in [0.5, 0.6) is 46.0 Å². The minimum Gasteiger partial charge on any atom is -0.483 e. The topological polar surface area (TPSA) is 179 Å². The number of carbonyl (C=O) groups excluding carboxylic acids is 4. The van der Waals surface area contributed by atoms with Crippen LogP contribution in [0.2, 0.25) is 0 Å². The van der Waals surface area contributed by atoms with E-state index < -0.39 is 390 Å². The van der Waals surface area contributed by atoms with E-state index in [0.29, 0.717) is 48.6 Å². The summed E-state index contributed by atoms with van der Waals surface area (Å²) in [6.07, 6.45) is -3.70. The zero-order valence-corrected chi connectivity index (χ0v) is 67.9. The Morgan fingerprint density at radius 1 is 0.210 bits per heavy atom. The lowest BCUT2D eigenvalue weighted by Crippen LogP contribution is -2.55. The van der Waals surface area contributed by atoms with Gasteiger partial charge in [0.25, 0.3) is 0 Å². The molecule has 8 aromatic carbocycles. The molecule has 742 valence electrons. The van der Waals surface area contributed by atoms with E-state index in [1.165, 1.54) is 0 Å². The molecule has 16 nitrogen and oxygen atoms in total. The van der Waals surface area contributed by atoms with E-state index in [0.717, 1.165) is 0 Å². The molecule has 0 radical (unpaired) electrons. The molecule has 0 spiro atoms. The Labute approximate surface area is 748 Å². The molecule has 0 aromatic heterocycles. The predicted octanol–water partition coefficient (Wildman–Crippen LogP) is 22.5. The molecule has 3 atom stereocenters. The third kappa shape index (κ3) is 23.3. The standard InChI is InChI=1S/C39H30F12O9.C27H14F12O3.C20H6F12O4/c1-6-20-25(40)31(46)37(32(47)26(20)41)58-17(11-54-13-18(15-56-23(52)9-4)59-38-33(48)27(42)21(7-2)28(43)34(38)49)12-55-14-19(16-57-24(53)10-5)60-39-35(50)29(44)22(8-3)30(45)36(39)51;1-4-10-14(29)20(35)26(21(36)15(10)30)41-8-9(42-27-22(37)16(31)11(5-2)17(32)23(27)38)7-40-25-18(33)12(6-3)13(28)19(34)24(25)39;1-3-5-7(21)11(25)15(12(26)8(5)22)35-17(33)19(29,30)20(31,32)18(34)36-16-13(27)9(23)6(4-2)10(24)14(16)28/h6-10,17-19H,1-5,11-16H2;4-6,9H,1-3,7-8H2;3-4H,1-2H2. The van der Waals surface area contributed by atoms with E-state index in [1.807, 2.05) is 0 Å². The van der Waals surface area contributed by atoms with Crippen LogP contribution in [-0.2, 0) is 38.1 Å². The van der Waals surface area contributed by atoms with Crippen molar-refractivity contribution in [1.82, 2.24) is 0 Å². The van der Waals surface area contributed by atoms with Crippen LogP contribution in [0.15, 0.2) is 77.9 Å². The molecule has 0 aliphatic carbocycles. The Bertz CT molecular complexity index is 5810. The van der Waals surface area contributed by atoms with Gasteiger partial charge in [-0.15, -0.1) is 0 Å². The lowest BCUT2D eigenvalue weighted by Gasteiger charge is -2.25. The van der Waals surface area contributed by atoms with E-state index in [1.54, 1.807) is 0 Å². The second-order valence-electron chi connectivity index (χ2n) is 25.9. The second-order valence-corrected chi connectivity index (χ2v) is 25.9. The van der Waals surface area contributed by atoms with Crippen molar-refractivity contribution < 1.29 is 234 Å². The normalized spacial score (nSPS) is 12.1. The van der Waals surface area contributed by atoms with Gasteiger partial charge in [-0.25, -0.2) is 93.8 Å². The molecule has 0 amide bonds. The monoisotopic (exact) mass is 2020 g/mol.